The van der Waals surface area contributed by atoms with E-state index in [-0.39, 0.29) is 11.6 Å². The summed E-state index contributed by atoms with van der Waals surface area (Å²) < 4.78 is 1.48. The van der Waals surface area contributed by atoms with Gasteiger partial charge in [-0.25, -0.2) is 0 Å². The Morgan fingerprint density at radius 2 is 2.20 bits per heavy atom. The first kappa shape index (κ1) is 16.7. The summed E-state index contributed by atoms with van der Waals surface area (Å²) in [4.78, 5) is 25.2. The number of nitrogens with one attached hydrogen (secondary N) is 2. The number of carbonyl (C=O) groups excluding carboxylic acids is 1. The van der Waals surface area contributed by atoms with Crippen LogP contribution in [0.2, 0.25) is 0 Å². The van der Waals surface area contributed by atoms with Gasteiger partial charge in [-0.05, 0) is 24.5 Å². The number of nitrogens with zero attached hydrogens (tertiary/aromatic N) is 3. The lowest BCUT2D eigenvalue weighted by molar-refractivity contribution is -0.385. The van der Waals surface area contributed by atoms with E-state index < -0.39 is 4.92 Å². The average Bonchev–Trinajstić information content (AvgIpc) is 3.22. The number of rotatable bonds is 8. The van der Waals surface area contributed by atoms with Crippen LogP contribution in [0.3, 0.4) is 0 Å². The number of fused-ring (bicyclic) bond motifs is 1. The van der Waals surface area contributed by atoms with E-state index in [2.05, 4.69) is 21.5 Å². The maximum atomic E-state index is 11.9. The Hall–Kier alpha value is -3.16. The number of aromatic nitrogens is 3. The number of amides is 1. The number of nitro groups is 1. The Morgan fingerprint density at radius 1 is 1.36 bits per heavy atom. The zero-order valence-electron chi connectivity index (χ0n) is 13.6. The maximum absolute atomic E-state index is 11.9. The van der Waals surface area contributed by atoms with Crippen molar-refractivity contribution >= 4 is 22.5 Å². The first-order valence-corrected chi connectivity index (χ1v) is 8.12. The molecule has 8 nitrogen and oxygen atoms in total. The summed E-state index contributed by atoms with van der Waals surface area (Å²) in [6, 6.07) is 8.07. The van der Waals surface area contributed by atoms with Crippen LogP contribution in [0, 0.1) is 10.1 Å². The van der Waals surface area contributed by atoms with E-state index in [0.29, 0.717) is 25.9 Å². The summed E-state index contributed by atoms with van der Waals surface area (Å²) in [5.74, 6) is -0.0264. The number of aromatic amines is 1. The second kappa shape index (κ2) is 7.61. The molecule has 2 aromatic heterocycles. The highest BCUT2D eigenvalue weighted by atomic mass is 16.6. The van der Waals surface area contributed by atoms with E-state index in [9.17, 15) is 14.9 Å². The smallest absolute Gasteiger partial charge is 0.306 e. The van der Waals surface area contributed by atoms with Gasteiger partial charge in [0.2, 0.25) is 5.91 Å². The molecule has 0 saturated heterocycles. The summed E-state index contributed by atoms with van der Waals surface area (Å²) in [5.41, 5.74) is 2.24. The van der Waals surface area contributed by atoms with Crippen molar-refractivity contribution in [2.45, 2.75) is 25.8 Å². The van der Waals surface area contributed by atoms with Crippen molar-refractivity contribution in [1.29, 1.82) is 0 Å². The van der Waals surface area contributed by atoms with Crippen molar-refractivity contribution in [2.24, 2.45) is 0 Å². The minimum absolute atomic E-state index is 0.0264. The molecule has 0 aliphatic rings. The second-order valence-electron chi connectivity index (χ2n) is 5.78. The molecule has 0 atom stereocenters. The van der Waals surface area contributed by atoms with Gasteiger partial charge in [0.15, 0.2) is 0 Å². The first-order valence-electron chi connectivity index (χ1n) is 8.12. The van der Waals surface area contributed by atoms with Gasteiger partial charge in [0.05, 0.1) is 4.92 Å². The zero-order valence-corrected chi connectivity index (χ0v) is 13.6. The van der Waals surface area contributed by atoms with Gasteiger partial charge in [0.1, 0.15) is 12.4 Å². The standard InChI is InChI=1S/C17H19N5O3/c23-17(6-3-9-21-12-14(11-20-21)22(24)25)18-8-7-13-10-19-16-5-2-1-4-15(13)16/h1-2,4-5,10-12,19H,3,6-9H2,(H,18,23). The predicted molar refractivity (Wildman–Crippen MR) is 93.1 cm³/mol. The minimum Gasteiger partial charge on any atom is -0.361 e. The Morgan fingerprint density at radius 3 is 3.00 bits per heavy atom. The summed E-state index contributed by atoms with van der Waals surface area (Å²) in [6.07, 6.45) is 6.26. The van der Waals surface area contributed by atoms with Crippen LogP contribution in [0.4, 0.5) is 5.69 Å². The van der Waals surface area contributed by atoms with Gasteiger partial charge in [-0.2, -0.15) is 5.10 Å². The molecule has 0 saturated carbocycles. The van der Waals surface area contributed by atoms with E-state index in [1.54, 1.807) is 0 Å². The molecule has 2 heterocycles. The minimum atomic E-state index is -0.485. The van der Waals surface area contributed by atoms with Gasteiger partial charge in [0.25, 0.3) is 0 Å². The SMILES string of the molecule is O=C(CCCn1cc([N+](=O)[O-])cn1)NCCc1c[nH]c2ccccc12. The third kappa shape index (κ3) is 4.23. The largest absolute Gasteiger partial charge is 0.361 e. The van der Waals surface area contributed by atoms with Gasteiger partial charge in [0, 0.05) is 36.6 Å². The molecule has 0 bridgehead atoms. The normalized spacial score (nSPS) is 10.9. The highest BCUT2D eigenvalue weighted by Crippen LogP contribution is 2.17. The molecule has 3 rings (SSSR count). The maximum Gasteiger partial charge on any atom is 0.306 e. The Balaban J connectivity index is 1.38. The zero-order chi connectivity index (χ0) is 17.6. The number of hydrogen-bond donors (Lipinski definition) is 2. The Labute approximate surface area is 144 Å². The number of H-pyrrole nitrogens is 1. The van der Waals surface area contributed by atoms with E-state index in [1.807, 2.05) is 24.4 Å². The molecule has 25 heavy (non-hydrogen) atoms. The van der Waals surface area contributed by atoms with Gasteiger partial charge < -0.3 is 10.3 Å². The van der Waals surface area contributed by atoms with Crippen molar-refractivity contribution in [3.05, 3.63) is 58.5 Å². The Bertz CT molecular complexity index is 883. The lowest BCUT2D eigenvalue weighted by Gasteiger charge is -2.05. The lowest BCUT2D eigenvalue weighted by atomic mass is 10.1. The van der Waals surface area contributed by atoms with E-state index in [1.165, 1.54) is 28.0 Å². The molecule has 2 N–H and O–H groups in total. The van der Waals surface area contributed by atoms with E-state index in [0.717, 1.165) is 11.9 Å². The fourth-order valence-corrected chi connectivity index (χ4v) is 2.73. The molecule has 8 heteroatoms. The number of para-hydroxylation sites is 1. The van der Waals surface area contributed by atoms with Crippen LogP contribution >= 0.6 is 0 Å². The summed E-state index contributed by atoms with van der Waals surface area (Å²) >= 11 is 0. The molecule has 0 fully saturated rings. The van der Waals surface area contributed by atoms with Crippen LogP contribution in [-0.2, 0) is 17.8 Å². The molecule has 0 unspecified atom stereocenters. The van der Waals surface area contributed by atoms with Crippen LogP contribution in [0.5, 0.6) is 0 Å². The molecule has 0 radical (unpaired) electrons. The quantitative estimate of drug-likeness (QED) is 0.485. The van der Waals surface area contributed by atoms with Crippen LogP contribution in [0.15, 0.2) is 42.9 Å². The molecule has 0 aliphatic heterocycles. The molecule has 1 amide bonds. The van der Waals surface area contributed by atoms with Crippen molar-refractivity contribution in [3.63, 3.8) is 0 Å². The van der Waals surface area contributed by atoms with Gasteiger partial charge in [-0.1, -0.05) is 18.2 Å². The van der Waals surface area contributed by atoms with Crippen molar-refractivity contribution < 1.29 is 9.72 Å². The topological polar surface area (TPSA) is 106 Å². The Kier molecular flexibility index (Phi) is 5.08. The average molecular weight is 341 g/mol. The summed E-state index contributed by atoms with van der Waals surface area (Å²) in [5, 5.41) is 18.6. The molecule has 0 spiro atoms. The number of benzene rings is 1. The monoisotopic (exact) mass is 341 g/mol. The van der Waals surface area contributed by atoms with E-state index in [4.69, 9.17) is 0 Å². The second-order valence-corrected chi connectivity index (χ2v) is 5.78. The van der Waals surface area contributed by atoms with Crippen molar-refractivity contribution in [1.82, 2.24) is 20.1 Å². The van der Waals surface area contributed by atoms with Gasteiger partial charge in [-0.15, -0.1) is 0 Å². The van der Waals surface area contributed by atoms with Crippen LogP contribution in [0.25, 0.3) is 10.9 Å². The van der Waals surface area contributed by atoms with Gasteiger partial charge in [-0.3, -0.25) is 19.6 Å². The highest BCUT2D eigenvalue weighted by molar-refractivity contribution is 5.83. The van der Waals surface area contributed by atoms with E-state index >= 15 is 0 Å². The molecule has 3 aromatic rings. The first-order chi connectivity index (χ1) is 12.1. The van der Waals surface area contributed by atoms with Crippen LogP contribution < -0.4 is 5.32 Å². The molecular formula is C17H19N5O3. The fourth-order valence-electron chi connectivity index (χ4n) is 2.73. The molecule has 1 aromatic carbocycles. The predicted octanol–water partition coefficient (Wildman–Crippen LogP) is 2.41. The fraction of sp³-hybridized carbons (Fsp3) is 0.294. The van der Waals surface area contributed by atoms with Crippen molar-refractivity contribution in [2.75, 3.05) is 6.54 Å². The van der Waals surface area contributed by atoms with Gasteiger partial charge >= 0.3 is 5.69 Å². The van der Waals surface area contributed by atoms with Crippen molar-refractivity contribution in [3.8, 4) is 0 Å². The highest BCUT2D eigenvalue weighted by Gasteiger charge is 2.09. The van der Waals surface area contributed by atoms with Crippen LogP contribution in [0.1, 0.15) is 18.4 Å². The number of aryl methyl sites for hydroxylation is 1. The molecule has 0 aliphatic carbocycles. The summed E-state index contributed by atoms with van der Waals surface area (Å²) in [7, 11) is 0. The number of hydrogen-bond acceptors (Lipinski definition) is 4. The van der Waals surface area contributed by atoms with Crippen LogP contribution in [-0.4, -0.2) is 32.1 Å². The molecular weight excluding hydrogens is 322 g/mol. The third-order valence-corrected chi connectivity index (χ3v) is 4.01. The number of carbonyl (C=O) groups is 1. The summed E-state index contributed by atoms with van der Waals surface area (Å²) in [6.45, 7) is 1.05. The molecule has 130 valence electrons. The third-order valence-electron chi connectivity index (χ3n) is 4.01. The lowest BCUT2D eigenvalue weighted by Crippen LogP contribution is -2.25.